The van der Waals surface area contributed by atoms with Gasteiger partial charge in [0.2, 0.25) is 26.6 Å². The van der Waals surface area contributed by atoms with Gasteiger partial charge >= 0.3 is 0 Å². The first-order valence-electron chi connectivity index (χ1n) is 11.1. The molecule has 0 bridgehead atoms. The van der Waals surface area contributed by atoms with Crippen LogP contribution in [0.4, 0.5) is 5.88 Å². The Labute approximate surface area is 194 Å². The maximum absolute atomic E-state index is 13.5. The van der Waals surface area contributed by atoms with Crippen molar-refractivity contribution in [1.82, 2.24) is 4.98 Å². The van der Waals surface area contributed by atoms with Crippen LogP contribution in [-0.4, -0.2) is 39.6 Å². The lowest BCUT2D eigenvalue weighted by atomic mass is 10.2. The first-order chi connectivity index (χ1) is 16.1. The second-order valence-electron chi connectivity index (χ2n) is 8.21. The van der Waals surface area contributed by atoms with Gasteiger partial charge in [-0.1, -0.05) is 66.7 Å². The highest BCUT2D eigenvalue weighted by molar-refractivity contribution is 7.91. The van der Waals surface area contributed by atoms with Gasteiger partial charge in [0.25, 0.3) is 0 Å². The van der Waals surface area contributed by atoms with Crippen LogP contribution in [0, 0.1) is 0 Å². The second-order valence-corrected chi connectivity index (χ2v) is 10.1. The summed E-state index contributed by atoms with van der Waals surface area (Å²) in [6, 6.07) is 28.3. The van der Waals surface area contributed by atoms with Gasteiger partial charge in [0.1, 0.15) is 6.54 Å². The van der Waals surface area contributed by atoms with E-state index in [1.807, 2.05) is 41.3 Å². The van der Waals surface area contributed by atoms with E-state index in [4.69, 9.17) is 4.42 Å². The van der Waals surface area contributed by atoms with Crippen molar-refractivity contribution in [3.63, 3.8) is 0 Å². The van der Waals surface area contributed by atoms with Crippen LogP contribution in [-0.2, 0) is 16.4 Å². The van der Waals surface area contributed by atoms with Crippen LogP contribution >= 0.6 is 0 Å². The lowest BCUT2D eigenvalue weighted by molar-refractivity contribution is -0.914. The zero-order valence-corrected chi connectivity index (χ0v) is 19.0. The summed E-state index contributed by atoms with van der Waals surface area (Å²) in [5.41, 5.74) is 2.06. The maximum atomic E-state index is 13.5. The SMILES string of the molecule is O=S(=O)(c1ccccc1)c1nc(-c2ccccc2)oc1N1CC[NH+](Cc2ccccc2)CC1. The zero-order chi connectivity index (χ0) is 22.7. The zero-order valence-electron chi connectivity index (χ0n) is 18.2. The van der Waals surface area contributed by atoms with Crippen LogP contribution in [0.2, 0.25) is 0 Å². The largest absolute Gasteiger partial charge is 0.419 e. The third-order valence-corrected chi connectivity index (χ3v) is 7.63. The molecule has 1 N–H and O–H groups in total. The molecule has 33 heavy (non-hydrogen) atoms. The molecule has 1 fully saturated rings. The van der Waals surface area contributed by atoms with Crippen molar-refractivity contribution in [2.24, 2.45) is 0 Å². The molecule has 1 aliphatic heterocycles. The van der Waals surface area contributed by atoms with E-state index in [2.05, 4.69) is 29.2 Å². The number of sulfone groups is 1. The van der Waals surface area contributed by atoms with E-state index in [1.54, 1.807) is 30.3 Å². The Balaban J connectivity index is 1.45. The molecule has 5 rings (SSSR count). The third-order valence-electron chi connectivity index (χ3n) is 5.96. The van der Waals surface area contributed by atoms with Gasteiger partial charge in [0.05, 0.1) is 31.1 Å². The van der Waals surface area contributed by atoms with Crippen LogP contribution in [0.5, 0.6) is 0 Å². The Morgan fingerprint density at radius 3 is 2.03 bits per heavy atom. The summed E-state index contributed by atoms with van der Waals surface area (Å²) in [7, 11) is -3.82. The molecule has 0 unspecified atom stereocenters. The van der Waals surface area contributed by atoms with Gasteiger partial charge in [-0.15, -0.1) is 0 Å². The topological polar surface area (TPSA) is 67.9 Å². The smallest absolute Gasteiger partial charge is 0.236 e. The minimum Gasteiger partial charge on any atom is -0.419 e. The molecule has 0 atom stereocenters. The molecule has 1 aromatic heterocycles. The average Bonchev–Trinajstić information content (AvgIpc) is 3.33. The fourth-order valence-electron chi connectivity index (χ4n) is 4.18. The molecule has 0 radical (unpaired) electrons. The normalized spacial score (nSPS) is 15.0. The Hall–Kier alpha value is -3.42. The Morgan fingerprint density at radius 2 is 1.39 bits per heavy atom. The molecule has 7 heteroatoms. The van der Waals surface area contributed by atoms with E-state index < -0.39 is 9.84 Å². The van der Waals surface area contributed by atoms with E-state index in [0.717, 1.165) is 25.2 Å². The minimum atomic E-state index is -3.82. The molecular weight excluding hydrogens is 434 g/mol. The summed E-state index contributed by atoms with van der Waals surface area (Å²) in [5.74, 6) is 0.649. The molecule has 3 aromatic carbocycles. The predicted octanol–water partition coefficient (Wildman–Crippen LogP) is 3.08. The number of piperazine rings is 1. The van der Waals surface area contributed by atoms with E-state index in [1.165, 1.54) is 10.5 Å². The van der Waals surface area contributed by atoms with Gasteiger partial charge in [-0.3, -0.25) is 0 Å². The van der Waals surface area contributed by atoms with Crippen LogP contribution < -0.4 is 9.80 Å². The van der Waals surface area contributed by atoms with E-state index in [-0.39, 0.29) is 9.92 Å². The highest BCUT2D eigenvalue weighted by Crippen LogP contribution is 2.34. The summed E-state index contributed by atoms with van der Waals surface area (Å²) >= 11 is 0. The van der Waals surface area contributed by atoms with Crippen molar-refractivity contribution < 1.29 is 17.7 Å². The number of hydrogen-bond donors (Lipinski definition) is 1. The van der Waals surface area contributed by atoms with E-state index >= 15 is 0 Å². The van der Waals surface area contributed by atoms with Gasteiger partial charge in [0.15, 0.2) is 0 Å². The number of hydrogen-bond acceptors (Lipinski definition) is 5. The first kappa shape index (κ1) is 21.4. The molecular formula is C26H26N3O3S+. The fourth-order valence-corrected chi connectivity index (χ4v) is 5.52. The monoisotopic (exact) mass is 460 g/mol. The number of aromatic nitrogens is 1. The quantitative estimate of drug-likeness (QED) is 0.479. The summed E-state index contributed by atoms with van der Waals surface area (Å²) in [6.45, 7) is 4.13. The Morgan fingerprint density at radius 1 is 0.818 bits per heavy atom. The van der Waals surface area contributed by atoms with Gasteiger partial charge < -0.3 is 14.2 Å². The van der Waals surface area contributed by atoms with Crippen LogP contribution in [0.1, 0.15) is 5.56 Å². The van der Waals surface area contributed by atoms with Crippen molar-refractivity contribution in [1.29, 1.82) is 0 Å². The third kappa shape index (κ3) is 4.55. The summed E-state index contributed by atoms with van der Waals surface area (Å²) in [4.78, 5) is 8.19. The summed E-state index contributed by atoms with van der Waals surface area (Å²) in [5, 5.41) is -0.0148. The molecule has 4 aromatic rings. The number of benzene rings is 3. The molecule has 1 aliphatic rings. The Kier molecular flexibility index (Phi) is 5.98. The molecule has 0 amide bonds. The molecule has 0 spiro atoms. The Bertz CT molecular complexity index is 1300. The second kappa shape index (κ2) is 9.21. The maximum Gasteiger partial charge on any atom is 0.236 e. The fraction of sp³-hybridized carbons (Fsp3) is 0.192. The number of oxazole rings is 1. The van der Waals surface area contributed by atoms with E-state index in [0.29, 0.717) is 24.9 Å². The summed E-state index contributed by atoms with van der Waals surface area (Å²) in [6.07, 6.45) is 0. The van der Waals surface area contributed by atoms with Crippen molar-refractivity contribution in [3.05, 3.63) is 96.6 Å². The molecule has 0 aliphatic carbocycles. The van der Waals surface area contributed by atoms with Crippen molar-refractivity contribution in [3.8, 4) is 11.5 Å². The van der Waals surface area contributed by atoms with Gasteiger partial charge in [0, 0.05) is 11.1 Å². The van der Waals surface area contributed by atoms with Crippen molar-refractivity contribution in [2.75, 3.05) is 31.1 Å². The molecule has 2 heterocycles. The number of nitrogens with one attached hydrogen (secondary N) is 1. The minimum absolute atomic E-state index is 0.0148. The lowest BCUT2D eigenvalue weighted by Crippen LogP contribution is -3.13. The van der Waals surface area contributed by atoms with Crippen molar-refractivity contribution >= 4 is 15.7 Å². The number of rotatable bonds is 6. The van der Waals surface area contributed by atoms with Crippen LogP contribution in [0.15, 0.2) is 105 Å². The first-order valence-corrected chi connectivity index (χ1v) is 12.6. The summed E-state index contributed by atoms with van der Waals surface area (Å²) < 4.78 is 33.1. The lowest BCUT2D eigenvalue weighted by Gasteiger charge is -2.32. The van der Waals surface area contributed by atoms with Crippen LogP contribution in [0.3, 0.4) is 0 Å². The standard InChI is InChI=1S/C26H25N3O3S/c30-33(31,23-14-8-3-9-15-23)25-26(32-24(27-25)22-12-6-2-7-13-22)29-18-16-28(17-19-29)20-21-10-4-1-5-11-21/h1-15H,16-20H2/p+1. The van der Waals surface area contributed by atoms with Crippen molar-refractivity contribution in [2.45, 2.75) is 16.5 Å². The number of nitrogens with zero attached hydrogens (tertiary/aromatic N) is 2. The average molecular weight is 461 g/mol. The molecule has 1 saturated heterocycles. The van der Waals surface area contributed by atoms with E-state index in [9.17, 15) is 8.42 Å². The van der Waals surface area contributed by atoms with Gasteiger partial charge in [-0.25, -0.2) is 8.42 Å². The number of quaternary nitrogens is 1. The van der Waals surface area contributed by atoms with Gasteiger partial charge in [-0.05, 0) is 24.3 Å². The van der Waals surface area contributed by atoms with Crippen LogP contribution in [0.25, 0.3) is 11.5 Å². The molecule has 168 valence electrons. The predicted molar refractivity (Wildman–Crippen MR) is 127 cm³/mol. The highest BCUT2D eigenvalue weighted by atomic mass is 32.2. The highest BCUT2D eigenvalue weighted by Gasteiger charge is 2.33. The van der Waals surface area contributed by atoms with Gasteiger partial charge in [-0.2, -0.15) is 4.98 Å². The number of anilines is 1. The molecule has 6 nitrogen and oxygen atoms in total. The molecule has 0 saturated carbocycles.